The first-order valence-corrected chi connectivity index (χ1v) is 10.3. The van der Waals surface area contributed by atoms with Crippen LogP contribution >= 0.6 is 0 Å². The van der Waals surface area contributed by atoms with Crippen LogP contribution in [0.25, 0.3) is 0 Å². The molecule has 3 aliphatic rings. The first-order valence-electron chi connectivity index (χ1n) is 10.3. The third kappa shape index (κ3) is 6.23. The summed E-state index contributed by atoms with van der Waals surface area (Å²) in [5.74, 6) is 0.769. The number of hydrogen-bond acceptors (Lipinski definition) is 5. The van der Waals surface area contributed by atoms with E-state index in [1.54, 1.807) is 0 Å². The Morgan fingerprint density at radius 3 is 2.04 bits per heavy atom. The zero-order valence-corrected chi connectivity index (χ0v) is 15.8. The van der Waals surface area contributed by atoms with Crippen LogP contribution in [0.5, 0.6) is 0 Å². The molecule has 6 heteroatoms. The normalized spacial score (nSPS) is 28.5. The zero-order valence-electron chi connectivity index (χ0n) is 15.8. The Labute approximate surface area is 156 Å². The summed E-state index contributed by atoms with van der Waals surface area (Å²) in [7, 11) is 0. The molecule has 3 fully saturated rings. The van der Waals surface area contributed by atoms with Gasteiger partial charge >= 0.3 is 5.97 Å². The van der Waals surface area contributed by atoms with Crippen LogP contribution in [-0.4, -0.2) is 50.4 Å². The highest BCUT2D eigenvalue weighted by molar-refractivity contribution is 5.76. The Kier molecular flexibility index (Phi) is 7.74. The maximum absolute atomic E-state index is 12.4. The van der Waals surface area contributed by atoms with E-state index in [0.29, 0.717) is 24.7 Å². The van der Waals surface area contributed by atoms with Crippen molar-refractivity contribution in [3.63, 3.8) is 0 Å². The number of hydrogen-bond donors (Lipinski definition) is 1. The van der Waals surface area contributed by atoms with Gasteiger partial charge < -0.3 is 19.5 Å². The van der Waals surface area contributed by atoms with Crippen molar-refractivity contribution in [3.05, 3.63) is 0 Å². The minimum atomic E-state index is -0.172. The summed E-state index contributed by atoms with van der Waals surface area (Å²) in [6.07, 6.45) is 8.54. The van der Waals surface area contributed by atoms with Crippen molar-refractivity contribution in [1.82, 2.24) is 5.32 Å². The van der Waals surface area contributed by atoms with Crippen LogP contribution in [0.3, 0.4) is 0 Å². The summed E-state index contributed by atoms with van der Waals surface area (Å²) in [5.41, 5.74) is 0. The summed E-state index contributed by atoms with van der Waals surface area (Å²) in [5, 5.41) is 3.15. The van der Waals surface area contributed by atoms with Crippen LogP contribution in [0.15, 0.2) is 0 Å². The Hall–Kier alpha value is -1.14. The fourth-order valence-electron chi connectivity index (χ4n) is 4.28. The van der Waals surface area contributed by atoms with E-state index in [-0.39, 0.29) is 24.0 Å². The van der Waals surface area contributed by atoms with Crippen LogP contribution < -0.4 is 5.32 Å². The number of ether oxygens (including phenoxy) is 3. The second-order valence-electron chi connectivity index (χ2n) is 8.01. The molecule has 2 saturated heterocycles. The van der Waals surface area contributed by atoms with E-state index in [1.165, 1.54) is 0 Å². The standard InChI is InChI=1S/C20H33NO5/c22-19(13-15-5-9-24-10-6-15)21-17-3-1-2-4-18(17)26-20(23)14-16-7-11-25-12-8-16/h15-18H,1-14H2,(H,21,22)/t17-,18+/m1/s1. The van der Waals surface area contributed by atoms with Gasteiger partial charge in [-0.05, 0) is 56.8 Å². The van der Waals surface area contributed by atoms with Gasteiger partial charge in [0.25, 0.3) is 0 Å². The monoisotopic (exact) mass is 367 g/mol. The van der Waals surface area contributed by atoms with Gasteiger partial charge in [0.2, 0.25) is 5.91 Å². The molecule has 2 atom stereocenters. The molecule has 0 aromatic carbocycles. The lowest BCUT2D eigenvalue weighted by atomic mass is 9.91. The Morgan fingerprint density at radius 2 is 1.38 bits per heavy atom. The molecule has 2 heterocycles. The molecule has 0 aromatic rings. The molecule has 1 N–H and O–H groups in total. The van der Waals surface area contributed by atoms with Gasteiger partial charge in [0.05, 0.1) is 6.04 Å². The Bertz CT molecular complexity index is 415. The summed E-state index contributed by atoms with van der Waals surface area (Å²) < 4.78 is 16.5. The fourth-order valence-corrected chi connectivity index (χ4v) is 4.28. The Balaban J connectivity index is 1.44. The highest BCUT2D eigenvalue weighted by Gasteiger charge is 2.31. The molecule has 0 bridgehead atoms. The summed E-state index contributed by atoms with van der Waals surface area (Å²) in [6.45, 7) is 3.00. The van der Waals surface area contributed by atoms with Crippen molar-refractivity contribution < 1.29 is 23.8 Å². The second kappa shape index (κ2) is 10.3. The summed E-state index contributed by atoms with van der Waals surface area (Å²) in [4.78, 5) is 24.8. The maximum Gasteiger partial charge on any atom is 0.306 e. The molecule has 1 saturated carbocycles. The molecule has 0 aromatic heterocycles. The molecule has 3 rings (SSSR count). The first-order chi connectivity index (χ1) is 12.7. The van der Waals surface area contributed by atoms with Gasteiger partial charge in [-0.2, -0.15) is 0 Å². The predicted octanol–water partition coefficient (Wildman–Crippen LogP) is 2.59. The topological polar surface area (TPSA) is 73.9 Å². The third-order valence-electron chi connectivity index (χ3n) is 5.94. The van der Waals surface area contributed by atoms with E-state index in [0.717, 1.165) is 77.8 Å². The molecule has 0 spiro atoms. The van der Waals surface area contributed by atoms with Crippen molar-refractivity contribution in [3.8, 4) is 0 Å². The number of esters is 1. The van der Waals surface area contributed by atoms with Crippen LogP contribution in [0, 0.1) is 11.8 Å². The number of amides is 1. The average Bonchev–Trinajstić information content (AvgIpc) is 2.65. The Morgan fingerprint density at radius 1 is 0.808 bits per heavy atom. The van der Waals surface area contributed by atoms with Gasteiger partial charge in [0.15, 0.2) is 0 Å². The van der Waals surface area contributed by atoms with Gasteiger partial charge in [0.1, 0.15) is 6.10 Å². The number of nitrogens with one attached hydrogen (secondary N) is 1. The molecule has 1 aliphatic carbocycles. The van der Waals surface area contributed by atoms with Crippen molar-refractivity contribution in [2.45, 2.75) is 76.4 Å². The molecule has 6 nitrogen and oxygen atoms in total. The second-order valence-corrected chi connectivity index (χ2v) is 8.01. The molecule has 0 radical (unpaired) electrons. The SMILES string of the molecule is O=C(CC1CCOCC1)N[C@@H]1CCCC[C@@H]1OC(=O)CC1CCOCC1. The lowest BCUT2D eigenvalue weighted by Gasteiger charge is -2.33. The van der Waals surface area contributed by atoms with Gasteiger partial charge in [0, 0.05) is 39.3 Å². The van der Waals surface area contributed by atoms with Gasteiger partial charge in [-0.3, -0.25) is 9.59 Å². The predicted molar refractivity (Wildman–Crippen MR) is 96.6 cm³/mol. The van der Waals surface area contributed by atoms with E-state index in [9.17, 15) is 9.59 Å². The maximum atomic E-state index is 12.4. The minimum Gasteiger partial charge on any atom is -0.460 e. The highest BCUT2D eigenvalue weighted by Crippen LogP contribution is 2.25. The smallest absolute Gasteiger partial charge is 0.306 e. The van der Waals surface area contributed by atoms with Crippen molar-refractivity contribution in [1.29, 1.82) is 0 Å². The molecular formula is C20H33NO5. The van der Waals surface area contributed by atoms with E-state index < -0.39 is 0 Å². The first kappa shape index (κ1) is 19.6. The largest absolute Gasteiger partial charge is 0.460 e. The molecule has 1 amide bonds. The molecule has 26 heavy (non-hydrogen) atoms. The van der Waals surface area contributed by atoms with Crippen molar-refractivity contribution in [2.75, 3.05) is 26.4 Å². The lowest BCUT2D eigenvalue weighted by molar-refractivity contribution is -0.154. The quantitative estimate of drug-likeness (QED) is 0.731. The van der Waals surface area contributed by atoms with Gasteiger partial charge in [-0.15, -0.1) is 0 Å². The minimum absolute atomic E-state index is 0.0327. The highest BCUT2D eigenvalue weighted by atomic mass is 16.5. The molecule has 2 aliphatic heterocycles. The number of rotatable bonds is 6. The summed E-state index contributed by atoms with van der Waals surface area (Å²) >= 11 is 0. The van der Waals surface area contributed by atoms with Gasteiger partial charge in [-0.25, -0.2) is 0 Å². The van der Waals surface area contributed by atoms with E-state index in [1.807, 2.05) is 0 Å². The number of carbonyl (C=O) groups is 2. The lowest BCUT2D eigenvalue weighted by Crippen LogP contribution is -2.47. The molecule has 0 unspecified atom stereocenters. The van der Waals surface area contributed by atoms with Crippen LogP contribution in [-0.2, 0) is 23.8 Å². The van der Waals surface area contributed by atoms with E-state index in [4.69, 9.17) is 14.2 Å². The van der Waals surface area contributed by atoms with Crippen molar-refractivity contribution in [2.24, 2.45) is 11.8 Å². The van der Waals surface area contributed by atoms with E-state index >= 15 is 0 Å². The van der Waals surface area contributed by atoms with Crippen LogP contribution in [0.4, 0.5) is 0 Å². The summed E-state index contributed by atoms with van der Waals surface area (Å²) in [6, 6.07) is -0.0327. The zero-order chi connectivity index (χ0) is 18.2. The molecular weight excluding hydrogens is 334 g/mol. The van der Waals surface area contributed by atoms with Crippen molar-refractivity contribution >= 4 is 11.9 Å². The van der Waals surface area contributed by atoms with Gasteiger partial charge in [-0.1, -0.05) is 6.42 Å². The average molecular weight is 367 g/mol. The van der Waals surface area contributed by atoms with Crippen LogP contribution in [0.2, 0.25) is 0 Å². The fraction of sp³-hybridized carbons (Fsp3) is 0.900. The van der Waals surface area contributed by atoms with Crippen LogP contribution in [0.1, 0.15) is 64.2 Å². The number of carbonyl (C=O) groups excluding carboxylic acids is 2. The molecule has 148 valence electrons. The van der Waals surface area contributed by atoms with E-state index in [2.05, 4.69) is 5.32 Å². The third-order valence-corrected chi connectivity index (χ3v) is 5.94.